The molecule has 0 saturated heterocycles. The SMILES string of the molecule is CCCCCC=CCC=CCC=CCC=CCCCC(OP(=O)(O)OCC[N+](C)(C)C)C(=O)CCCCCCCCCCCCCCC. The molecule has 0 aliphatic carbocycles. The van der Waals surface area contributed by atoms with Crippen molar-refractivity contribution in [2.75, 3.05) is 34.3 Å². The third-order valence-corrected chi connectivity index (χ3v) is 9.49. The van der Waals surface area contributed by atoms with Gasteiger partial charge in [-0.25, -0.2) is 4.57 Å². The lowest BCUT2D eigenvalue weighted by Crippen LogP contribution is -2.37. The van der Waals surface area contributed by atoms with Crippen LogP contribution < -0.4 is 0 Å². The zero-order chi connectivity index (χ0) is 35.6. The van der Waals surface area contributed by atoms with Crippen LogP contribution in [0.5, 0.6) is 0 Å². The van der Waals surface area contributed by atoms with Crippen LogP contribution in [-0.4, -0.2) is 55.6 Å². The van der Waals surface area contributed by atoms with Gasteiger partial charge < -0.3 is 9.38 Å². The Morgan fingerprint density at radius 2 is 1.04 bits per heavy atom. The summed E-state index contributed by atoms with van der Waals surface area (Å²) < 4.78 is 24.0. The molecule has 0 aromatic heterocycles. The number of phosphoric acid groups is 1. The van der Waals surface area contributed by atoms with Crippen LogP contribution >= 0.6 is 7.82 Å². The molecule has 1 N–H and O–H groups in total. The van der Waals surface area contributed by atoms with Crippen LogP contribution in [0.3, 0.4) is 0 Å². The van der Waals surface area contributed by atoms with E-state index in [-0.39, 0.29) is 12.4 Å². The molecular formula is C41H77NO5P+. The molecule has 0 aromatic rings. The number of Topliss-reactive ketones (excluding diaryl/α,β-unsaturated/α-hetero) is 1. The highest BCUT2D eigenvalue weighted by Crippen LogP contribution is 2.45. The van der Waals surface area contributed by atoms with Crippen molar-refractivity contribution in [3.63, 3.8) is 0 Å². The average Bonchev–Trinajstić information content (AvgIpc) is 3.03. The number of ketones is 1. The number of hydrogen-bond donors (Lipinski definition) is 1. The number of nitrogens with zero attached hydrogens (tertiary/aromatic N) is 1. The number of phosphoric ester groups is 1. The second-order valence-electron chi connectivity index (χ2n) is 14.4. The Morgan fingerprint density at radius 3 is 1.52 bits per heavy atom. The van der Waals surface area contributed by atoms with Crippen molar-refractivity contribution in [3.05, 3.63) is 48.6 Å². The zero-order valence-corrected chi connectivity index (χ0v) is 32.9. The summed E-state index contributed by atoms with van der Waals surface area (Å²) in [6, 6.07) is 0. The van der Waals surface area contributed by atoms with Crippen LogP contribution in [0, 0.1) is 0 Å². The number of rotatable bonds is 35. The first-order valence-corrected chi connectivity index (χ1v) is 21.2. The molecule has 0 radical (unpaired) electrons. The van der Waals surface area contributed by atoms with E-state index < -0.39 is 13.9 Å². The van der Waals surface area contributed by atoms with Crippen molar-refractivity contribution < 1.29 is 27.8 Å². The molecule has 0 rings (SSSR count). The van der Waals surface area contributed by atoms with E-state index in [1.807, 2.05) is 21.1 Å². The fourth-order valence-electron chi connectivity index (χ4n) is 5.35. The number of hydrogen-bond acceptors (Lipinski definition) is 4. The van der Waals surface area contributed by atoms with Crippen molar-refractivity contribution in [3.8, 4) is 0 Å². The van der Waals surface area contributed by atoms with Gasteiger partial charge in [-0.3, -0.25) is 13.8 Å². The summed E-state index contributed by atoms with van der Waals surface area (Å²) in [6.45, 7) is 5.16. The Hall–Kier alpha value is -1.30. The molecular weight excluding hydrogens is 617 g/mol. The largest absolute Gasteiger partial charge is 0.473 e. The maximum absolute atomic E-state index is 13.1. The van der Waals surface area contributed by atoms with E-state index >= 15 is 0 Å². The van der Waals surface area contributed by atoms with E-state index in [4.69, 9.17) is 9.05 Å². The second kappa shape index (κ2) is 32.9. The predicted octanol–water partition coefficient (Wildman–Crippen LogP) is 12.4. The average molecular weight is 695 g/mol. The Balaban J connectivity index is 4.45. The van der Waals surface area contributed by atoms with Crippen LogP contribution in [-0.2, 0) is 18.4 Å². The summed E-state index contributed by atoms with van der Waals surface area (Å²) in [4.78, 5) is 23.5. The molecule has 0 saturated carbocycles. The molecule has 7 heteroatoms. The quantitative estimate of drug-likeness (QED) is 0.0309. The maximum Gasteiger partial charge on any atom is 0.473 e. The molecule has 0 aliphatic rings. The first-order chi connectivity index (χ1) is 23.1. The van der Waals surface area contributed by atoms with Crippen molar-refractivity contribution >= 4 is 13.6 Å². The van der Waals surface area contributed by atoms with Crippen LogP contribution in [0.1, 0.15) is 168 Å². The molecule has 6 nitrogen and oxygen atoms in total. The van der Waals surface area contributed by atoms with E-state index in [0.717, 1.165) is 44.9 Å². The normalized spacial score (nSPS) is 14.6. The zero-order valence-electron chi connectivity index (χ0n) is 32.1. The van der Waals surface area contributed by atoms with Gasteiger partial charge in [0.25, 0.3) is 0 Å². The Bertz CT molecular complexity index is 905. The van der Waals surface area contributed by atoms with Gasteiger partial charge >= 0.3 is 7.82 Å². The van der Waals surface area contributed by atoms with Crippen molar-refractivity contribution in [1.29, 1.82) is 0 Å². The van der Waals surface area contributed by atoms with Crippen LogP contribution in [0.4, 0.5) is 0 Å². The van der Waals surface area contributed by atoms with E-state index in [0.29, 0.717) is 30.3 Å². The molecule has 2 unspecified atom stereocenters. The topological polar surface area (TPSA) is 72.8 Å². The standard InChI is InChI=1S/C41H76NO5P/c1-6-8-10-12-14-16-18-20-21-22-23-25-27-29-31-33-35-37-41(47-48(44,45)46-39-38-42(3,4)5)40(43)36-34-32-30-28-26-24-19-17-15-13-11-9-7-2/h14,16,20-21,23,25,29,31,41H,6-13,15,17-19,22,24,26-28,30,32-39H2,1-5H3/p+1. The third kappa shape index (κ3) is 34.6. The number of carbonyl (C=O) groups is 1. The first-order valence-electron chi connectivity index (χ1n) is 19.7. The Morgan fingerprint density at radius 1 is 0.625 bits per heavy atom. The van der Waals surface area contributed by atoms with Crippen LogP contribution in [0.2, 0.25) is 0 Å². The van der Waals surface area contributed by atoms with Gasteiger partial charge in [-0.2, -0.15) is 0 Å². The molecule has 280 valence electrons. The van der Waals surface area contributed by atoms with E-state index in [9.17, 15) is 14.3 Å². The van der Waals surface area contributed by atoms with Crippen molar-refractivity contribution in [2.24, 2.45) is 0 Å². The molecule has 48 heavy (non-hydrogen) atoms. The molecule has 0 aromatic carbocycles. The molecule has 0 amide bonds. The van der Waals surface area contributed by atoms with Crippen molar-refractivity contribution in [1.82, 2.24) is 0 Å². The van der Waals surface area contributed by atoms with Gasteiger partial charge in [0.15, 0.2) is 5.78 Å². The fourth-order valence-corrected chi connectivity index (χ4v) is 6.27. The maximum atomic E-state index is 13.1. The molecule has 0 bridgehead atoms. The minimum absolute atomic E-state index is 0.0884. The van der Waals surface area contributed by atoms with E-state index in [1.165, 1.54) is 89.9 Å². The summed E-state index contributed by atoms with van der Waals surface area (Å²) in [5.74, 6) is -0.0884. The van der Waals surface area contributed by atoms with Gasteiger partial charge in [0.2, 0.25) is 0 Å². The smallest absolute Gasteiger partial charge is 0.329 e. The summed E-state index contributed by atoms with van der Waals surface area (Å²) in [5, 5.41) is 0. The predicted molar refractivity (Wildman–Crippen MR) is 207 cm³/mol. The van der Waals surface area contributed by atoms with Gasteiger partial charge in [0, 0.05) is 6.42 Å². The fraction of sp³-hybridized carbons (Fsp3) is 0.780. The highest BCUT2D eigenvalue weighted by Gasteiger charge is 2.31. The number of quaternary nitrogens is 1. The highest BCUT2D eigenvalue weighted by atomic mass is 31.2. The van der Waals surface area contributed by atoms with Gasteiger partial charge in [0.05, 0.1) is 21.1 Å². The lowest BCUT2D eigenvalue weighted by atomic mass is 10.0. The minimum atomic E-state index is -4.32. The van der Waals surface area contributed by atoms with E-state index in [1.54, 1.807) is 0 Å². The van der Waals surface area contributed by atoms with Gasteiger partial charge in [-0.15, -0.1) is 0 Å². The number of carbonyl (C=O) groups excluding carboxylic acids is 1. The lowest BCUT2D eigenvalue weighted by molar-refractivity contribution is -0.870. The summed E-state index contributed by atoms with van der Waals surface area (Å²) >= 11 is 0. The van der Waals surface area contributed by atoms with Gasteiger partial charge in [-0.05, 0) is 57.8 Å². The Labute approximate surface area is 297 Å². The van der Waals surface area contributed by atoms with Gasteiger partial charge in [0.1, 0.15) is 19.3 Å². The summed E-state index contributed by atoms with van der Waals surface area (Å²) in [6.07, 6.45) is 43.1. The van der Waals surface area contributed by atoms with E-state index in [2.05, 4.69) is 62.5 Å². The summed E-state index contributed by atoms with van der Waals surface area (Å²) in [5.41, 5.74) is 0. The Kier molecular flexibility index (Phi) is 32.0. The first kappa shape index (κ1) is 46.7. The number of unbranched alkanes of at least 4 members (excludes halogenated alkanes) is 16. The number of likely N-dealkylation sites (N-methyl/N-ethyl adjacent to an activating group) is 1. The third-order valence-electron chi connectivity index (χ3n) is 8.46. The summed E-state index contributed by atoms with van der Waals surface area (Å²) in [7, 11) is 1.65. The molecule has 0 spiro atoms. The number of allylic oxidation sites excluding steroid dienone is 8. The molecule has 0 aliphatic heterocycles. The molecule has 0 heterocycles. The molecule has 0 fully saturated rings. The lowest BCUT2D eigenvalue weighted by Gasteiger charge is -2.25. The van der Waals surface area contributed by atoms with Crippen LogP contribution in [0.25, 0.3) is 0 Å². The highest BCUT2D eigenvalue weighted by molar-refractivity contribution is 7.47. The monoisotopic (exact) mass is 695 g/mol. The van der Waals surface area contributed by atoms with Gasteiger partial charge in [-0.1, -0.05) is 152 Å². The second-order valence-corrected chi connectivity index (χ2v) is 15.8. The molecule has 2 atom stereocenters. The minimum Gasteiger partial charge on any atom is -0.329 e. The van der Waals surface area contributed by atoms with Crippen LogP contribution in [0.15, 0.2) is 48.6 Å². The van der Waals surface area contributed by atoms with Crippen molar-refractivity contribution in [2.45, 2.75) is 174 Å².